The maximum atomic E-state index is 11.4. The second-order valence-corrected chi connectivity index (χ2v) is 5.00. The van der Waals surface area contributed by atoms with Crippen LogP contribution < -0.4 is 5.73 Å². The highest BCUT2D eigenvalue weighted by Gasteiger charge is 2.25. The van der Waals surface area contributed by atoms with Crippen LogP contribution in [-0.4, -0.2) is 48.5 Å². The highest BCUT2D eigenvalue weighted by Crippen LogP contribution is 2.26. The van der Waals surface area contributed by atoms with Crippen molar-refractivity contribution >= 4 is 5.97 Å². The molecule has 0 fully saturated rings. The summed E-state index contributed by atoms with van der Waals surface area (Å²) in [6.45, 7) is 0. The second kappa shape index (κ2) is 7.47. The lowest BCUT2D eigenvalue weighted by molar-refractivity contribution is -0.121. The molecule has 3 heterocycles. The van der Waals surface area contributed by atoms with Crippen molar-refractivity contribution in [3.63, 3.8) is 0 Å². The zero-order valence-corrected chi connectivity index (χ0v) is 14.2. The summed E-state index contributed by atoms with van der Waals surface area (Å²) in [4.78, 5) is 23.8. The number of rotatable bonds is 7. The van der Waals surface area contributed by atoms with Gasteiger partial charge < -0.3 is 33.2 Å². The number of ether oxygens (including phenoxy) is 3. The number of carbonyl (C=O) groups is 1. The molecule has 0 saturated heterocycles. The standard InChI is InChI=1S/C15H16N4O7/c1-21-14(20)9-6-25-12(19-9)7-4-24-11(17-7)8-5-26-13(18-8)10(16)15(22-2)23-3/h4-6,10,15H,16H2,1-3H3. The zero-order chi connectivity index (χ0) is 18.7. The smallest absolute Gasteiger partial charge is 0.360 e. The van der Waals surface area contributed by atoms with E-state index in [2.05, 4.69) is 19.7 Å². The second-order valence-electron chi connectivity index (χ2n) is 5.00. The molecule has 11 nitrogen and oxygen atoms in total. The van der Waals surface area contributed by atoms with Gasteiger partial charge in [-0.1, -0.05) is 0 Å². The Balaban J connectivity index is 1.80. The molecule has 3 aromatic heterocycles. The molecule has 3 rings (SSSR count). The molecule has 1 unspecified atom stereocenters. The minimum absolute atomic E-state index is 0.0203. The third-order valence-corrected chi connectivity index (χ3v) is 3.41. The molecule has 1 atom stereocenters. The third-order valence-electron chi connectivity index (χ3n) is 3.41. The van der Waals surface area contributed by atoms with Crippen LogP contribution in [0, 0.1) is 0 Å². The Labute approximate surface area is 147 Å². The Morgan fingerprint density at radius 3 is 2.27 bits per heavy atom. The summed E-state index contributed by atoms with van der Waals surface area (Å²) >= 11 is 0. The van der Waals surface area contributed by atoms with Crippen molar-refractivity contribution in [3.05, 3.63) is 30.4 Å². The Morgan fingerprint density at radius 2 is 1.58 bits per heavy atom. The monoisotopic (exact) mass is 364 g/mol. The first-order chi connectivity index (χ1) is 12.6. The Bertz CT molecular complexity index is 880. The van der Waals surface area contributed by atoms with E-state index in [0.29, 0.717) is 5.69 Å². The number of esters is 1. The minimum atomic E-state index is -0.734. The summed E-state index contributed by atoms with van der Waals surface area (Å²) in [6.07, 6.45) is 3.09. The van der Waals surface area contributed by atoms with Crippen molar-refractivity contribution in [3.8, 4) is 23.2 Å². The number of methoxy groups -OCH3 is 3. The van der Waals surface area contributed by atoms with E-state index >= 15 is 0 Å². The molecular weight excluding hydrogens is 348 g/mol. The maximum Gasteiger partial charge on any atom is 0.360 e. The lowest BCUT2D eigenvalue weighted by Crippen LogP contribution is -2.29. The van der Waals surface area contributed by atoms with Crippen LogP contribution >= 0.6 is 0 Å². The van der Waals surface area contributed by atoms with E-state index in [0.717, 1.165) is 0 Å². The molecule has 26 heavy (non-hydrogen) atoms. The van der Waals surface area contributed by atoms with Crippen LogP contribution in [0.4, 0.5) is 0 Å². The average Bonchev–Trinajstić information content (AvgIpc) is 3.40. The first-order valence-electron chi connectivity index (χ1n) is 7.34. The summed E-state index contributed by atoms with van der Waals surface area (Å²) in [5.41, 5.74) is 6.57. The first-order valence-corrected chi connectivity index (χ1v) is 7.34. The molecule has 0 amide bonds. The molecule has 0 spiro atoms. The van der Waals surface area contributed by atoms with Crippen molar-refractivity contribution in [2.75, 3.05) is 21.3 Å². The molecule has 138 valence electrons. The molecule has 0 aromatic carbocycles. The van der Waals surface area contributed by atoms with Gasteiger partial charge >= 0.3 is 5.97 Å². The van der Waals surface area contributed by atoms with Crippen LogP contribution in [0.3, 0.4) is 0 Å². The van der Waals surface area contributed by atoms with E-state index in [-0.39, 0.29) is 29.1 Å². The summed E-state index contributed by atoms with van der Waals surface area (Å²) in [6, 6.07) is -0.734. The maximum absolute atomic E-state index is 11.4. The van der Waals surface area contributed by atoms with Crippen molar-refractivity contribution in [2.45, 2.75) is 12.3 Å². The Morgan fingerprint density at radius 1 is 0.962 bits per heavy atom. The van der Waals surface area contributed by atoms with Crippen molar-refractivity contribution < 1.29 is 32.3 Å². The van der Waals surface area contributed by atoms with Gasteiger partial charge in [-0.15, -0.1) is 0 Å². The molecular formula is C15H16N4O7. The van der Waals surface area contributed by atoms with Crippen LogP contribution in [0.5, 0.6) is 0 Å². The SMILES string of the molecule is COC(=O)c1coc(-c2coc(-c3coc(C(N)C(OC)OC)n3)n2)n1. The van der Waals surface area contributed by atoms with Crippen molar-refractivity contribution in [1.82, 2.24) is 15.0 Å². The van der Waals surface area contributed by atoms with E-state index in [9.17, 15) is 4.79 Å². The summed E-state index contributed by atoms with van der Waals surface area (Å²) < 4.78 is 30.6. The van der Waals surface area contributed by atoms with Crippen molar-refractivity contribution in [2.24, 2.45) is 5.73 Å². The number of nitrogens with zero attached hydrogens (tertiary/aromatic N) is 3. The largest absolute Gasteiger partial charge is 0.464 e. The van der Waals surface area contributed by atoms with Crippen LogP contribution in [0.2, 0.25) is 0 Å². The van der Waals surface area contributed by atoms with Gasteiger partial charge in [0.25, 0.3) is 0 Å². The minimum Gasteiger partial charge on any atom is -0.464 e. The van der Waals surface area contributed by atoms with Crippen LogP contribution in [-0.2, 0) is 14.2 Å². The lowest BCUT2D eigenvalue weighted by atomic mass is 10.3. The van der Waals surface area contributed by atoms with Crippen LogP contribution in [0.1, 0.15) is 22.4 Å². The van der Waals surface area contributed by atoms with Gasteiger partial charge in [-0.25, -0.2) is 19.7 Å². The Kier molecular flexibility index (Phi) is 5.11. The van der Waals surface area contributed by atoms with E-state index < -0.39 is 18.3 Å². The summed E-state index contributed by atoms with van der Waals surface area (Å²) in [7, 11) is 4.16. The molecule has 0 radical (unpaired) electrons. The molecule has 0 bridgehead atoms. The number of oxazole rings is 3. The number of hydrogen-bond donors (Lipinski definition) is 1. The fourth-order valence-electron chi connectivity index (χ4n) is 2.12. The molecule has 2 N–H and O–H groups in total. The van der Waals surface area contributed by atoms with E-state index in [4.69, 9.17) is 28.5 Å². The Hall–Kier alpha value is -3.02. The van der Waals surface area contributed by atoms with Crippen molar-refractivity contribution in [1.29, 1.82) is 0 Å². The average molecular weight is 364 g/mol. The first kappa shape index (κ1) is 17.8. The number of carbonyl (C=O) groups excluding carboxylic acids is 1. The number of nitrogens with two attached hydrogens (primary N) is 1. The fourth-order valence-corrected chi connectivity index (χ4v) is 2.12. The summed E-state index contributed by atoms with van der Waals surface area (Å²) in [5.74, 6) is -0.173. The topological polar surface area (TPSA) is 149 Å². The zero-order valence-electron chi connectivity index (χ0n) is 14.2. The van der Waals surface area contributed by atoms with Gasteiger partial charge in [-0.2, -0.15) is 0 Å². The highest BCUT2D eigenvalue weighted by atomic mass is 16.7. The van der Waals surface area contributed by atoms with Gasteiger partial charge in [-0.05, 0) is 0 Å². The predicted octanol–water partition coefficient (Wildman–Crippen LogP) is 1.39. The van der Waals surface area contributed by atoms with Gasteiger partial charge in [0.1, 0.15) is 24.8 Å². The van der Waals surface area contributed by atoms with Gasteiger partial charge in [0, 0.05) is 14.2 Å². The number of aromatic nitrogens is 3. The van der Waals surface area contributed by atoms with E-state index in [1.165, 1.54) is 40.1 Å². The fraction of sp³-hybridized carbons (Fsp3) is 0.333. The number of hydrogen-bond acceptors (Lipinski definition) is 11. The molecule has 0 saturated carbocycles. The highest BCUT2D eigenvalue weighted by molar-refractivity contribution is 5.87. The lowest BCUT2D eigenvalue weighted by Gasteiger charge is -2.17. The van der Waals surface area contributed by atoms with Crippen LogP contribution in [0.15, 0.2) is 32.0 Å². The van der Waals surface area contributed by atoms with E-state index in [1.807, 2.05) is 0 Å². The third kappa shape index (κ3) is 3.35. The predicted molar refractivity (Wildman–Crippen MR) is 83.6 cm³/mol. The quantitative estimate of drug-likeness (QED) is 0.478. The van der Waals surface area contributed by atoms with Gasteiger partial charge in [0.2, 0.25) is 17.7 Å². The van der Waals surface area contributed by atoms with Gasteiger partial charge in [-0.3, -0.25) is 0 Å². The molecule has 0 aliphatic heterocycles. The molecule has 0 aliphatic rings. The molecule has 3 aromatic rings. The van der Waals surface area contributed by atoms with Gasteiger partial charge in [0.05, 0.1) is 7.11 Å². The summed E-state index contributed by atoms with van der Waals surface area (Å²) in [5, 5.41) is 0. The van der Waals surface area contributed by atoms with E-state index in [1.54, 1.807) is 0 Å². The molecule has 0 aliphatic carbocycles. The normalized spacial score (nSPS) is 12.5. The van der Waals surface area contributed by atoms with Crippen LogP contribution in [0.25, 0.3) is 23.2 Å². The molecule has 11 heteroatoms. The van der Waals surface area contributed by atoms with Gasteiger partial charge in [0.15, 0.2) is 23.4 Å².